The fourth-order valence-electron chi connectivity index (χ4n) is 2.15. The molecule has 0 bridgehead atoms. The van der Waals surface area contributed by atoms with Gasteiger partial charge in [-0.05, 0) is 19.8 Å². The van der Waals surface area contributed by atoms with Crippen molar-refractivity contribution in [1.29, 1.82) is 0 Å². The van der Waals surface area contributed by atoms with Gasteiger partial charge in [0.25, 0.3) is 0 Å². The van der Waals surface area contributed by atoms with Gasteiger partial charge in [0.05, 0.1) is 0 Å². The zero-order valence-corrected chi connectivity index (χ0v) is 10.5. The summed E-state index contributed by atoms with van der Waals surface area (Å²) < 4.78 is 5.19. The van der Waals surface area contributed by atoms with E-state index in [4.69, 9.17) is 10.3 Å². The van der Waals surface area contributed by atoms with Crippen molar-refractivity contribution in [3.05, 3.63) is 11.7 Å². The van der Waals surface area contributed by atoms with E-state index in [1.807, 2.05) is 6.92 Å². The number of hydrogen-bond acceptors (Lipinski definition) is 4. The molecule has 16 heavy (non-hydrogen) atoms. The van der Waals surface area contributed by atoms with Gasteiger partial charge in [-0.3, -0.25) is 0 Å². The summed E-state index contributed by atoms with van der Waals surface area (Å²) in [5.41, 5.74) is 5.68. The number of nitrogens with two attached hydrogens (primary N) is 1. The van der Waals surface area contributed by atoms with E-state index < -0.39 is 0 Å². The van der Waals surface area contributed by atoms with Crippen molar-refractivity contribution < 1.29 is 4.52 Å². The standard InChI is InChI=1S/C11H19N3O.ClH/c1-8(12)7-10-13-11(14-15-10)9-5-3-2-4-6-9;/h8-9H,2-7,12H2,1H3;1H. The van der Waals surface area contributed by atoms with Gasteiger partial charge in [0.15, 0.2) is 5.82 Å². The summed E-state index contributed by atoms with van der Waals surface area (Å²) in [6, 6.07) is 0.0876. The van der Waals surface area contributed by atoms with E-state index >= 15 is 0 Å². The molecule has 1 fully saturated rings. The highest BCUT2D eigenvalue weighted by Gasteiger charge is 2.20. The lowest BCUT2D eigenvalue weighted by molar-refractivity contribution is 0.353. The molecule has 1 aromatic rings. The molecule has 1 heterocycles. The molecule has 5 heteroatoms. The van der Waals surface area contributed by atoms with Crippen molar-refractivity contribution in [3.63, 3.8) is 0 Å². The summed E-state index contributed by atoms with van der Waals surface area (Å²) in [5, 5.41) is 4.05. The normalized spacial score (nSPS) is 19.1. The van der Waals surface area contributed by atoms with Crippen LogP contribution in [0.1, 0.15) is 56.7 Å². The van der Waals surface area contributed by atoms with Crippen LogP contribution in [-0.4, -0.2) is 16.2 Å². The molecule has 4 nitrogen and oxygen atoms in total. The van der Waals surface area contributed by atoms with Crippen LogP contribution >= 0.6 is 12.4 Å². The van der Waals surface area contributed by atoms with Gasteiger partial charge < -0.3 is 10.3 Å². The maximum absolute atomic E-state index is 5.68. The van der Waals surface area contributed by atoms with Crippen molar-refractivity contribution in [2.75, 3.05) is 0 Å². The number of nitrogens with zero attached hydrogens (tertiary/aromatic N) is 2. The largest absolute Gasteiger partial charge is 0.339 e. The lowest BCUT2D eigenvalue weighted by Gasteiger charge is -2.17. The first-order valence-corrected chi connectivity index (χ1v) is 5.84. The smallest absolute Gasteiger partial charge is 0.228 e. The van der Waals surface area contributed by atoms with Crippen LogP contribution in [-0.2, 0) is 6.42 Å². The summed E-state index contributed by atoms with van der Waals surface area (Å²) in [6.45, 7) is 1.95. The summed E-state index contributed by atoms with van der Waals surface area (Å²) in [5.74, 6) is 2.10. The summed E-state index contributed by atoms with van der Waals surface area (Å²) >= 11 is 0. The Hall–Kier alpha value is -0.610. The first kappa shape index (κ1) is 13.5. The molecule has 0 aliphatic heterocycles. The Morgan fingerprint density at radius 3 is 2.69 bits per heavy atom. The molecule has 0 spiro atoms. The topological polar surface area (TPSA) is 64.9 Å². The number of rotatable bonds is 3. The molecule has 92 valence electrons. The first-order chi connectivity index (χ1) is 7.25. The molecule has 1 aliphatic carbocycles. The Balaban J connectivity index is 0.00000128. The van der Waals surface area contributed by atoms with Crippen LogP contribution in [0.15, 0.2) is 4.52 Å². The minimum atomic E-state index is 0. The molecule has 2 N–H and O–H groups in total. The number of aromatic nitrogens is 2. The Morgan fingerprint density at radius 2 is 2.06 bits per heavy atom. The Labute approximate surface area is 102 Å². The van der Waals surface area contributed by atoms with Crippen LogP contribution < -0.4 is 5.73 Å². The van der Waals surface area contributed by atoms with Gasteiger partial charge in [-0.15, -0.1) is 12.4 Å². The van der Waals surface area contributed by atoms with Crippen LogP contribution in [0.5, 0.6) is 0 Å². The third kappa shape index (κ3) is 3.46. The highest BCUT2D eigenvalue weighted by molar-refractivity contribution is 5.85. The second-order valence-electron chi connectivity index (χ2n) is 4.56. The molecule has 2 rings (SSSR count). The average Bonchev–Trinajstić information content (AvgIpc) is 2.67. The molecule has 1 aliphatic rings. The van der Waals surface area contributed by atoms with Gasteiger partial charge in [0.2, 0.25) is 5.89 Å². The maximum atomic E-state index is 5.68. The molecular formula is C11H20ClN3O. The van der Waals surface area contributed by atoms with Gasteiger partial charge in [-0.1, -0.05) is 24.4 Å². The van der Waals surface area contributed by atoms with E-state index in [0.29, 0.717) is 18.2 Å². The molecule has 1 atom stereocenters. The molecule has 1 aromatic heterocycles. The Morgan fingerprint density at radius 1 is 1.38 bits per heavy atom. The Bertz CT molecular complexity index is 308. The second kappa shape index (κ2) is 6.21. The van der Waals surface area contributed by atoms with E-state index in [2.05, 4.69) is 10.1 Å². The van der Waals surface area contributed by atoms with Gasteiger partial charge in [0, 0.05) is 18.4 Å². The zero-order chi connectivity index (χ0) is 10.7. The third-order valence-electron chi connectivity index (χ3n) is 2.95. The molecule has 1 saturated carbocycles. The summed E-state index contributed by atoms with van der Waals surface area (Å²) in [7, 11) is 0. The monoisotopic (exact) mass is 245 g/mol. The van der Waals surface area contributed by atoms with Crippen LogP contribution in [0.4, 0.5) is 0 Å². The highest BCUT2D eigenvalue weighted by atomic mass is 35.5. The van der Waals surface area contributed by atoms with E-state index in [1.165, 1.54) is 32.1 Å². The van der Waals surface area contributed by atoms with Crippen molar-refractivity contribution in [2.24, 2.45) is 5.73 Å². The van der Waals surface area contributed by atoms with Crippen molar-refractivity contribution in [3.8, 4) is 0 Å². The van der Waals surface area contributed by atoms with Gasteiger partial charge in [0.1, 0.15) is 0 Å². The summed E-state index contributed by atoms with van der Waals surface area (Å²) in [6.07, 6.45) is 7.03. The number of hydrogen-bond donors (Lipinski definition) is 1. The predicted octanol–water partition coefficient (Wildman–Crippen LogP) is 2.43. The second-order valence-corrected chi connectivity index (χ2v) is 4.56. The van der Waals surface area contributed by atoms with Gasteiger partial charge in [-0.25, -0.2) is 0 Å². The fourth-order valence-corrected chi connectivity index (χ4v) is 2.15. The zero-order valence-electron chi connectivity index (χ0n) is 9.69. The molecule has 0 saturated heterocycles. The van der Waals surface area contributed by atoms with Gasteiger partial charge >= 0.3 is 0 Å². The highest BCUT2D eigenvalue weighted by Crippen LogP contribution is 2.30. The average molecular weight is 246 g/mol. The van der Waals surface area contributed by atoms with E-state index in [1.54, 1.807) is 0 Å². The number of halogens is 1. The minimum Gasteiger partial charge on any atom is -0.339 e. The lowest BCUT2D eigenvalue weighted by Crippen LogP contribution is -2.18. The molecule has 0 aromatic carbocycles. The molecule has 1 unspecified atom stereocenters. The molecular weight excluding hydrogens is 226 g/mol. The van der Waals surface area contributed by atoms with Crippen LogP contribution in [0.3, 0.4) is 0 Å². The predicted molar refractivity (Wildman–Crippen MR) is 64.7 cm³/mol. The van der Waals surface area contributed by atoms with Crippen molar-refractivity contribution in [2.45, 2.75) is 57.4 Å². The summed E-state index contributed by atoms with van der Waals surface area (Å²) in [4.78, 5) is 4.42. The van der Waals surface area contributed by atoms with Gasteiger partial charge in [-0.2, -0.15) is 4.98 Å². The van der Waals surface area contributed by atoms with E-state index in [9.17, 15) is 0 Å². The molecule has 0 radical (unpaired) electrons. The maximum Gasteiger partial charge on any atom is 0.228 e. The van der Waals surface area contributed by atoms with Crippen molar-refractivity contribution >= 4 is 12.4 Å². The van der Waals surface area contributed by atoms with Crippen LogP contribution in [0.2, 0.25) is 0 Å². The van der Waals surface area contributed by atoms with Crippen molar-refractivity contribution in [1.82, 2.24) is 10.1 Å². The fraction of sp³-hybridized carbons (Fsp3) is 0.818. The SMILES string of the molecule is CC(N)Cc1nc(C2CCCCC2)no1.Cl. The quantitative estimate of drug-likeness (QED) is 0.888. The third-order valence-corrected chi connectivity index (χ3v) is 2.95. The molecule has 0 amide bonds. The Kier molecular flexibility index (Phi) is 5.22. The first-order valence-electron chi connectivity index (χ1n) is 5.84. The van der Waals surface area contributed by atoms with E-state index in [0.717, 1.165) is 5.82 Å². The van der Waals surface area contributed by atoms with E-state index in [-0.39, 0.29) is 18.4 Å². The van der Waals surface area contributed by atoms with Crippen LogP contribution in [0, 0.1) is 0 Å². The van der Waals surface area contributed by atoms with Crippen LogP contribution in [0.25, 0.3) is 0 Å². The minimum absolute atomic E-state index is 0. The lowest BCUT2D eigenvalue weighted by atomic mass is 9.89.